The predicted molar refractivity (Wildman–Crippen MR) is 89.7 cm³/mol. The molecule has 22 heavy (non-hydrogen) atoms. The van der Waals surface area contributed by atoms with E-state index in [9.17, 15) is 4.79 Å². The van der Waals surface area contributed by atoms with Crippen LogP contribution in [0, 0.1) is 0 Å². The Labute approximate surface area is 136 Å². The van der Waals surface area contributed by atoms with Crippen LogP contribution in [-0.4, -0.2) is 31.1 Å². The van der Waals surface area contributed by atoms with Gasteiger partial charge in [-0.1, -0.05) is 64.2 Å². The largest absolute Gasteiger partial charge is 0.438 e. The minimum absolute atomic E-state index is 0.0926. The molecular formula is C18H36O4. The molecule has 0 saturated carbocycles. The number of esters is 1. The lowest BCUT2D eigenvalue weighted by Crippen LogP contribution is -2.07. The van der Waals surface area contributed by atoms with Gasteiger partial charge >= 0.3 is 5.97 Å². The van der Waals surface area contributed by atoms with Crippen LogP contribution in [0.1, 0.15) is 90.4 Å². The Morgan fingerprint density at radius 3 is 1.68 bits per heavy atom. The van der Waals surface area contributed by atoms with Gasteiger partial charge in [0.25, 0.3) is 0 Å². The molecule has 0 saturated heterocycles. The molecule has 0 fully saturated rings. The maximum absolute atomic E-state index is 11.3. The Morgan fingerprint density at radius 2 is 1.23 bits per heavy atom. The lowest BCUT2D eigenvalue weighted by Gasteiger charge is -2.04. The fraction of sp³-hybridized carbons (Fsp3) is 0.944. The topological polar surface area (TPSA) is 55.8 Å². The molecule has 0 aromatic rings. The van der Waals surface area contributed by atoms with Gasteiger partial charge in [-0.2, -0.15) is 0 Å². The number of rotatable bonds is 17. The molecule has 0 unspecified atom stereocenters. The molecule has 0 amide bonds. The van der Waals surface area contributed by atoms with Gasteiger partial charge in [-0.25, -0.2) is 0 Å². The minimum Gasteiger partial charge on any atom is -0.438 e. The van der Waals surface area contributed by atoms with Crippen molar-refractivity contribution in [1.82, 2.24) is 0 Å². The van der Waals surface area contributed by atoms with Gasteiger partial charge in [-0.05, 0) is 19.8 Å². The summed E-state index contributed by atoms with van der Waals surface area (Å²) in [4.78, 5) is 11.3. The third kappa shape index (κ3) is 17.4. The first-order chi connectivity index (χ1) is 10.8. The van der Waals surface area contributed by atoms with E-state index in [4.69, 9.17) is 14.6 Å². The van der Waals surface area contributed by atoms with Crippen LogP contribution in [0.4, 0.5) is 0 Å². The zero-order valence-electron chi connectivity index (χ0n) is 14.5. The van der Waals surface area contributed by atoms with Crippen LogP contribution in [0.3, 0.4) is 0 Å². The van der Waals surface area contributed by atoms with Gasteiger partial charge in [0.15, 0.2) is 6.79 Å². The summed E-state index contributed by atoms with van der Waals surface area (Å²) >= 11 is 0. The lowest BCUT2D eigenvalue weighted by atomic mass is 10.0. The lowest BCUT2D eigenvalue weighted by molar-refractivity contribution is -0.155. The molecule has 0 aromatic heterocycles. The van der Waals surface area contributed by atoms with E-state index in [0.29, 0.717) is 19.6 Å². The highest BCUT2D eigenvalue weighted by molar-refractivity contribution is 5.69. The van der Waals surface area contributed by atoms with Crippen molar-refractivity contribution in [3.8, 4) is 0 Å². The number of hydrogen-bond donors (Lipinski definition) is 1. The number of aliphatic hydroxyl groups excluding tert-OH is 1. The minimum atomic E-state index is -0.144. The Hall–Kier alpha value is -0.610. The van der Waals surface area contributed by atoms with Crippen molar-refractivity contribution in [1.29, 1.82) is 0 Å². The Bertz CT molecular complexity index is 231. The normalized spacial score (nSPS) is 10.8. The molecule has 0 atom stereocenters. The maximum Gasteiger partial charge on any atom is 0.307 e. The average molecular weight is 316 g/mol. The molecule has 0 aliphatic carbocycles. The van der Waals surface area contributed by atoms with E-state index in [1.807, 2.05) is 6.92 Å². The van der Waals surface area contributed by atoms with E-state index in [0.717, 1.165) is 19.3 Å². The van der Waals surface area contributed by atoms with Crippen molar-refractivity contribution in [2.24, 2.45) is 0 Å². The first kappa shape index (κ1) is 21.4. The highest BCUT2D eigenvalue weighted by Crippen LogP contribution is 2.12. The van der Waals surface area contributed by atoms with Crippen molar-refractivity contribution in [2.75, 3.05) is 20.0 Å². The summed E-state index contributed by atoms with van der Waals surface area (Å²) < 4.78 is 9.88. The summed E-state index contributed by atoms with van der Waals surface area (Å²) in [6.45, 7) is 2.89. The smallest absolute Gasteiger partial charge is 0.307 e. The van der Waals surface area contributed by atoms with Crippen LogP contribution in [0.5, 0.6) is 0 Å². The second-order valence-corrected chi connectivity index (χ2v) is 5.84. The molecule has 4 nitrogen and oxygen atoms in total. The van der Waals surface area contributed by atoms with Crippen molar-refractivity contribution in [3.05, 3.63) is 0 Å². The van der Waals surface area contributed by atoms with Gasteiger partial charge in [-0.3, -0.25) is 4.79 Å². The summed E-state index contributed by atoms with van der Waals surface area (Å²) in [7, 11) is 0. The molecule has 0 spiro atoms. The zero-order chi connectivity index (χ0) is 16.3. The van der Waals surface area contributed by atoms with Crippen LogP contribution in [0.25, 0.3) is 0 Å². The fourth-order valence-corrected chi connectivity index (χ4v) is 2.41. The number of aliphatic hydroxyl groups is 1. The molecule has 132 valence electrons. The molecule has 0 bridgehead atoms. The van der Waals surface area contributed by atoms with E-state index < -0.39 is 0 Å². The maximum atomic E-state index is 11.3. The third-order valence-corrected chi connectivity index (χ3v) is 3.80. The Kier molecular flexibility index (Phi) is 17.9. The predicted octanol–water partition coefficient (Wildman–Crippen LogP) is 4.59. The number of unbranched alkanes of at least 4 members (excludes halogenated alkanes) is 11. The monoisotopic (exact) mass is 316 g/mol. The molecular weight excluding hydrogens is 280 g/mol. The van der Waals surface area contributed by atoms with Gasteiger partial charge in [0.2, 0.25) is 0 Å². The van der Waals surface area contributed by atoms with Gasteiger partial charge in [0.05, 0.1) is 0 Å². The number of hydrogen-bond acceptors (Lipinski definition) is 4. The van der Waals surface area contributed by atoms with E-state index in [-0.39, 0.29) is 12.8 Å². The van der Waals surface area contributed by atoms with Crippen molar-refractivity contribution >= 4 is 5.97 Å². The molecule has 0 aliphatic rings. The highest BCUT2D eigenvalue weighted by atomic mass is 16.7. The van der Waals surface area contributed by atoms with Crippen LogP contribution >= 0.6 is 0 Å². The van der Waals surface area contributed by atoms with Crippen LogP contribution in [0.15, 0.2) is 0 Å². The molecule has 1 N–H and O–H groups in total. The fourth-order valence-electron chi connectivity index (χ4n) is 2.41. The first-order valence-corrected chi connectivity index (χ1v) is 9.15. The Morgan fingerprint density at radius 1 is 0.773 bits per heavy atom. The highest BCUT2D eigenvalue weighted by Gasteiger charge is 2.01. The number of carbonyl (C=O) groups is 1. The molecule has 4 heteroatoms. The van der Waals surface area contributed by atoms with Crippen molar-refractivity contribution < 1.29 is 19.4 Å². The second kappa shape index (κ2) is 18.4. The van der Waals surface area contributed by atoms with Gasteiger partial charge in [-0.15, -0.1) is 0 Å². The molecule has 0 heterocycles. The second-order valence-electron chi connectivity index (χ2n) is 5.84. The summed E-state index contributed by atoms with van der Waals surface area (Å²) in [5, 5.41) is 8.68. The van der Waals surface area contributed by atoms with Crippen LogP contribution < -0.4 is 0 Å². The van der Waals surface area contributed by atoms with E-state index >= 15 is 0 Å². The average Bonchev–Trinajstić information content (AvgIpc) is 2.52. The molecule has 0 rings (SSSR count). The summed E-state index contributed by atoms with van der Waals surface area (Å²) in [5.41, 5.74) is 0. The van der Waals surface area contributed by atoms with E-state index in [1.54, 1.807) is 0 Å². The summed E-state index contributed by atoms with van der Waals surface area (Å²) in [6.07, 6.45) is 15.1. The number of carbonyl (C=O) groups excluding carboxylic acids is 1. The summed E-state index contributed by atoms with van der Waals surface area (Å²) in [5.74, 6) is -0.144. The quantitative estimate of drug-likeness (QED) is 0.242. The molecule has 0 aromatic carbocycles. The SMILES string of the molecule is CCOCOC(=O)CCCCCCCCCCCCCCO. The number of ether oxygens (including phenoxy) is 2. The van der Waals surface area contributed by atoms with Crippen LogP contribution in [-0.2, 0) is 14.3 Å². The van der Waals surface area contributed by atoms with Crippen molar-refractivity contribution in [3.63, 3.8) is 0 Å². The van der Waals surface area contributed by atoms with Gasteiger partial charge in [0.1, 0.15) is 0 Å². The van der Waals surface area contributed by atoms with Crippen molar-refractivity contribution in [2.45, 2.75) is 90.4 Å². The van der Waals surface area contributed by atoms with Crippen LogP contribution in [0.2, 0.25) is 0 Å². The summed E-state index contributed by atoms with van der Waals surface area (Å²) in [6, 6.07) is 0. The molecule has 0 radical (unpaired) electrons. The molecule has 0 aliphatic heterocycles. The zero-order valence-corrected chi connectivity index (χ0v) is 14.5. The van der Waals surface area contributed by atoms with Gasteiger partial charge < -0.3 is 14.6 Å². The third-order valence-electron chi connectivity index (χ3n) is 3.80. The van der Waals surface area contributed by atoms with E-state index in [2.05, 4.69) is 0 Å². The standard InChI is InChI=1S/C18H36O4/c1-2-21-17-22-18(20)15-13-11-9-7-5-3-4-6-8-10-12-14-16-19/h19H,2-17H2,1H3. The van der Waals surface area contributed by atoms with Gasteiger partial charge in [0, 0.05) is 19.6 Å². The Balaban J connectivity index is 3.06. The first-order valence-electron chi connectivity index (χ1n) is 9.15. The van der Waals surface area contributed by atoms with E-state index in [1.165, 1.54) is 57.8 Å².